The van der Waals surface area contributed by atoms with Crippen LogP contribution < -0.4 is 19.6 Å². The number of ether oxygens (including phenoxy) is 3. The van der Waals surface area contributed by atoms with Gasteiger partial charge in [-0.15, -0.1) is 0 Å². The van der Waals surface area contributed by atoms with Gasteiger partial charge in [-0.1, -0.05) is 53.2 Å². The summed E-state index contributed by atoms with van der Waals surface area (Å²) in [5.41, 5.74) is 4.32. The van der Waals surface area contributed by atoms with E-state index in [0.717, 1.165) is 27.8 Å². The summed E-state index contributed by atoms with van der Waals surface area (Å²) in [5, 5.41) is 4.01. The van der Waals surface area contributed by atoms with E-state index in [2.05, 4.69) is 26.5 Å². The summed E-state index contributed by atoms with van der Waals surface area (Å²) in [4.78, 5) is 12.0. The van der Waals surface area contributed by atoms with Gasteiger partial charge in [-0.25, -0.2) is 5.43 Å². The second kappa shape index (κ2) is 12.5. The maximum atomic E-state index is 12.0. The maximum absolute atomic E-state index is 12.0. The van der Waals surface area contributed by atoms with E-state index in [1.807, 2.05) is 55.5 Å². The van der Waals surface area contributed by atoms with Crippen LogP contribution in [-0.4, -0.2) is 25.3 Å². The monoisotopic (exact) mass is 496 g/mol. The number of hydrogen-bond acceptors (Lipinski definition) is 5. The van der Waals surface area contributed by atoms with Crippen LogP contribution in [0.3, 0.4) is 0 Å². The van der Waals surface area contributed by atoms with Crippen molar-refractivity contribution in [1.29, 1.82) is 0 Å². The highest BCUT2D eigenvalue weighted by atomic mass is 79.9. The molecule has 0 aliphatic carbocycles. The predicted octanol–water partition coefficient (Wildman–Crippen LogP) is 5.35. The number of hydrazone groups is 1. The quantitative estimate of drug-likeness (QED) is 0.287. The van der Waals surface area contributed by atoms with Crippen molar-refractivity contribution < 1.29 is 19.0 Å². The van der Waals surface area contributed by atoms with Gasteiger partial charge in [0.05, 0.1) is 12.8 Å². The molecule has 0 saturated heterocycles. The number of nitrogens with one attached hydrogen (secondary N) is 1. The molecule has 0 heterocycles. The van der Waals surface area contributed by atoms with Crippen LogP contribution >= 0.6 is 15.9 Å². The standard InChI is InChI=1S/C25H25BrN2O4/c1-2-14-30-24-13-8-21(26)15-20(24)16-27-28-25(29)18-32-23-11-9-22(10-12-23)31-17-19-6-4-3-5-7-19/h3-13,15-16H,2,14,17-18H2,1H3,(H,28,29)/b27-16-. The predicted molar refractivity (Wildman–Crippen MR) is 128 cm³/mol. The highest BCUT2D eigenvalue weighted by Gasteiger charge is 2.05. The molecular weight excluding hydrogens is 472 g/mol. The van der Waals surface area contributed by atoms with Crippen molar-refractivity contribution >= 4 is 28.1 Å². The molecule has 0 bridgehead atoms. The largest absolute Gasteiger partial charge is 0.493 e. The van der Waals surface area contributed by atoms with Gasteiger partial charge in [0.25, 0.3) is 5.91 Å². The van der Waals surface area contributed by atoms with Crippen LogP contribution in [0.4, 0.5) is 0 Å². The molecule has 0 radical (unpaired) electrons. The SMILES string of the molecule is CCCOc1ccc(Br)cc1/C=N\NC(=O)COc1ccc(OCc2ccccc2)cc1. The fourth-order valence-electron chi connectivity index (χ4n) is 2.69. The Bertz CT molecular complexity index is 1020. The zero-order valence-corrected chi connectivity index (χ0v) is 19.4. The molecule has 0 aliphatic rings. The molecule has 1 amide bonds. The van der Waals surface area contributed by atoms with Gasteiger partial charge in [0, 0.05) is 10.0 Å². The summed E-state index contributed by atoms with van der Waals surface area (Å²) in [7, 11) is 0. The number of carbonyl (C=O) groups is 1. The van der Waals surface area contributed by atoms with Gasteiger partial charge in [-0.3, -0.25) is 4.79 Å². The Morgan fingerprint density at radius 2 is 1.69 bits per heavy atom. The molecule has 0 saturated carbocycles. The first-order valence-electron chi connectivity index (χ1n) is 10.3. The Kier molecular flexibility index (Phi) is 9.13. The number of benzene rings is 3. The molecule has 7 heteroatoms. The van der Waals surface area contributed by atoms with E-state index < -0.39 is 0 Å². The fourth-order valence-corrected chi connectivity index (χ4v) is 3.07. The number of nitrogens with zero attached hydrogens (tertiary/aromatic N) is 1. The molecule has 32 heavy (non-hydrogen) atoms. The van der Waals surface area contributed by atoms with Crippen molar-refractivity contribution in [2.75, 3.05) is 13.2 Å². The molecular formula is C25H25BrN2O4. The minimum absolute atomic E-state index is 0.154. The van der Waals surface area contributed by atoms with Crippen molar-refractivity contribution in [3.05, 3.63) is 88.4 Å². The first-order chi connectivity index (χ1) is 15.6. The van der Waals surface area contributed by atoms with Gasteiger partial charge in [-0.2, -0.15) is 5.10 Å². The third-order valence-corrected chi connectivity index (χ3v) is 4.76. The van der Waals surface area contributed by atoms with E-state index in [-0.39, 0.29) is 12.5 Å². The lowest BCUT2D eigenvalue weighted by Gasteiger charge is -2.09. The van der Waals surface area contributed by atoms with Crippen molar-refractivity contribution in [2.24, 2.45) is 5.10 Å². The van der Waals surface area contributed by atoms with Gasteiger partial charge >= 0.3 is 0 Å². The fraction of sp³-hybridized carbons (Fsp3) is 0.200. The van der Waals surface area contributed by atoms with Crippen molar-refractivity contribution in [3.8, 4) is 17.2 Å². The molecule has 0 aromatic heterocycles. The Labute approximate surface area is 196 Å². The molecule has 0 fully saturated rings. The molecule has 0 spiro atoms. The van der Waals surface area contributed by atoms with Crippen LogP contribution in [-0.2, 0) is 11.4 Å². The van der Waals surface area contributed by atoms with Crippen molar-refractivity contribution in [2.45, 2.75) is 20.0 Å². The van der Waals surface area contributed by atoms with E-state index in [0.29, 0.717) is 24.7 Å². The summed E-state index contributed by atoms with van der Waals surface area (Å²) in [5.74, 6) is 1.64. The van der Waals surface area contributed by atoms with Crippen LogP contribution in [0.15, 0.2) is 82.4 Å². The molecule has 6 nitrogen and oxygen atoms in total. The average Bonchev–Trinajstić information content (AvgIpc) is 2.82. The lowest BCUT2D eigenvalue weighted by Crippen LogP contribution is -2.24. The molecule has 3 aromatic rings. The molecule has 0 aliphatic heterocycles. The van der Waals surface area contributed by atoms with Crippen molar-refractivity contribution in [3.63, 3.8) is 0 Å². The molecule has 3 aromatic carbocycles. The number of rotatable bonds is 11. The lowest BCUT2D eigenvalue weighted by molar-refractivity contribution is -0.123. The molecule has 0 atom stereocenters. The summed E-state index contributed by atoms with van der Waals surface area (Å²) in [6, 6.07) is 22.7. The summed E-state index contributed by atoms with van der Waals surface area (Å²) in [6.45, 7) is 2.99. The van der Waals surface area contributed by atoms with Crippen LogP contribution in [0.5, 0.6) is 17.2 Å². The smallest absolute Gasteiger partial charge is 0.277 e. The van der Waals surface area contributed by atoms with Crippen LogP contribution in [0.1, 0.15) is 24.5 Å². The number of halogens is 1. The van der Waals surface area contributed by atoms with Gasteiger partial charge in [-0.05, 0) is 54.4 Å². The zero-order chi connectivity index (χ0) is 22.6. The summed E-state index contributed by atoms with van der Waals surface area (Å²) < 4.78 is 17.8. The van der Waals surface area contributed by atoms with E-state index in [1.54, 1.807) is 30.5 Å². The first-order valence-corrected chi connectivity index (χ1v) is 11.1. The Morgan fingerprint density at radius 1 is 0.969 bits per heavy atom. The Morgan fingerprint density at radius 3 is 2.41 bits per heavy atom. The highest BCUT2D eigenvalue weighted by Crippen LogP contribution is 2.22. The first kappa shape index (κ1) is 23.3. The van der Waals surface area contributed by atoms with Crippen LogP contribution in [0, 0.1) is 0 Å². The molecule has 3 rings (SSSR count). The van der Waals surface area contributed by atoms with E-state index >= 15 is 0 Å². The van der Waals surface area contributed by atoms with Crippen molar-refractivity contribution in [1.82, 2.24) is 5.43 Å². The minimum atomic E-state index is -0.364. The molecule has 166 valence electrons. The van der Waals surface area contributed by atoms with Gasteiger partial charge in [0.2, 0.25) is 0 Å². The second-order valence-electron chi connectivity index (χ2n) is 6.86. The second-order valence-corrected chi connectivity index (χ2v) is 7.77. The third-order valence-electron chi connectivity index (χ3n) is 4.27. The Hall–Kier alpha value is -3.32. The van der Waals surface area contributed by atoms with E-state index in [4.69, 9.17) is 14.2 Å². The molecule has 1 N–H and O–H groups in total. The maximum Gasteiger partial charge on any atom is 0.277 e. The lowest BCUT2D eigenvalue weighted by atomic mass is 10.2. The van der Waals surface area contributed by atoms with Crippen LogP contribution in [0.25, 0.3) is 0 Å². The average molecular weight is 497 g/mol. The van der Waals surface area contributed by atoms with Gasteiger partial charge in [0.1, 0.15) is 23.9 Å². The van der Waals surface area contributed by atoms with Gasteiger partial charge in [0.15, 0.2) is 6.61 Å². The van der Waals surface area contributed by atoms with E-state index in [1.165, 1.54) is 0 Å². The van der Waals surface area contributed by atoms with Gasteiger partial charge < -0.3 is 14.2 Å². The number of amides is 1. The molecule has 0 unspecified atom stereocenters. The normalized spacial score (nSPS) is 10.7. The Balaban J connectivity index is 1.44. The van der Waals surface area contributed by atoms with Crippen LogP contribution in [0.2, 0.25) is 0 Å². The highest BCUT2D eigenvalue weighted by molar-refractivity contribution is 9.10. The third kappa shape index (κ3) is 7.74. The minimum Gasteiger partial charge on any atom is -0.493 e. The van der Waals surface area contributed by atoms with E-state index in [9.17, 15) is 4.79 Å². The summed E-state index contributed by atoms with van der Waals surface area (Å²) >= 11 is 3.43. The zero-order valence-electron chi connectivity index (χ0n) is 17.8. The topological polar surface area (TPSA) is 69.2 Å². The summed E-state index contributed by atoms with van der Waals surface area (Å²) in [6.07, 6.45) is 2.45. The number of hydrogen-bond donors (Lipinski definition) is 1. The number of carbonyl (C=O) groups excluding carboxylic acids is 1.